The van der Waals surface area contributed by atoms with Gasteiger partial charge in [-0.1, -0.05) is 0 Å². The fourth-order valence-corrected chi connectivity index (χ4v) is 4.25. The van der Waals surface area contributed by atoms with E-state index in [2.05, 4.69) is 5.32 Å². The van der Waals surface area contributed by atoms with E-state index in [0.717, 1.165) is 63.0 Å². The maximum atomic E-state index is 12.9. The van der Waals surface area contributed by atoms with E-state index in [0.29, 0.717) is 17.4 Å². The number of carbonyl (C=O) groups excluding carboxylic acids is 2. The van der Waals surface area contributed by atoms with E-state index in [1.807, 2.05) is 42.8 Å². The van der Waals surface area contributed by atoms with Crippen molar-refractivity contribution in [2.24, 2.45) is 0 Å². The summed E-state index contributed by atoms with van der Waals surface area (Å²) in [5.74, 6) is 0.834. The molecule has 0 bridgehead atoms. The quantitative estimate of drug-likeness (QED) is 0.843. The molecule has 1 unspecified atom stereocenters. The molecule has 2 aliphatic rings. The van der Waals surface area contributed by atoms with Crippen molar-refractivity contribution in [2.75, 3.05) is 39.8 Å². The minimum Gasteiger partial charge on any atom is -0.483 e. The van der Waals surface area contributed by atoms with Crippen LogP contribution < -0.4 is 10.1 Å². The van der Waals surface area contributed by atoms with Crippen molar-refractivity contribution in [3.63, 3.8) is 0 Å². The van der Waals surface area contributed by atoms with Crippen LogP contribution in [0.25, 0.3) is 0 Å². The van der Waals surface area contributed by atoms with Crippen molar-refractivity contribution >= 4 is 11.8 Å². The molecule has 0 radical (unpaired) electrons. The monoisotopic (exact) mass is 387 g/mol. The summed E-state index contributed by atoms with van der Waals surface area (Å²) in [5.41, 5.74) is 2.50. The van der Waals surface area contributed by atoms with Gasteiger partial charge in [0, 0.05) is 37.8 Å². The highest BCUT2D eigenvalue weighted by atomic mass is 16.5. The van der Waals surface area contributed by atoms with Crippen molar-refractivity contribution in [1.29, 1.82) is 0 Å². The highest BCUT2D eigenvalue weighted by molar-refractivity contribution is 5.95. The van der Waals surface area contributed by atoms with E-state index in [9.17, 15) is 9.59 Å². The molecule has 2 saturated heterocycles. The van der Waals surface area contributed by atoms with Gasteiger partial charge in [0.1, 0.15) is 5.75 Å². The summed E-state index contributed by atoms with van der Waals surface area (Å²) in [6.07, 6.45) is 5.48. The van der Waals surface area contributed by atoms with E-state index in [1.165, 1.54) is 6.42 Å². The van der Waals surface area contributed by atoms with Gasteiger partial charge in [-0.05, 0) is 76.3 Å². The first-order valence-corrected chi connectivity index (χ1v) is 10.5. The molecule has 2 heterocycles. The van der Waals surface area contributed by atoms with Crippen LogP contribution in [0.2, 0.25) is 0 Å². The average molecular weight is 388 g/mol. The van der Waals surface area contributed by atoms with Gasteiger partial charge in [0.15, 0.2) is 6.61 Å². The molecule has 0 aromatic heterocycles. The molecular weight excluding hydrogens is 354 g/mol. The van der Waals surface area contributed by atoms with Gasteiger partial charge in [-0.25, -0.2) is 0 Å². The van der Waals surface area contributed by atoms with Crippen LogP contribution >= 0.6 is 0 Å². The van der Waals surface area contributed by atoms with Crippen LogP contribution in [0.4, 0.5) is 0 Å². The fourth-order valence-electron chi connectivity index (χ4n) is 4.25. The maximum Gasteiger partial charge on any atom is 0.260 e. The number of amides is 2. The number of likely N-dealkylation sites (N-methyl/N-ethyl adjacent to an activating group) is 1. The van der Waals surface area contributed by atoms with Crippen LogP contribution in [0.3, 0.4) is 0 Å². The zero-order valence-corrected chi connectivity index (χ0v) is 17.4. The molecule has 1 aromatic rings. The Labute approximate surface area is 168 Å². The molecular formula is C22H33N3O3. The van der Waals surface area contributed by atoms with E-state index < -0.39 is 0 Å². The third-order valence-electron chi connectivity index (χ3n) is 5.87. The number of ether oxygens (including phenoxy) is 1. The molecule has 6 nitrogen and oxygen atoms in total. The Morgan fingerprint density at radius 1 is 1.04 bits per heavy atom. The lowest BCUT2D eigenvalue weighted by Gasteiger charge is -2.32. The fraction of sp³-hybridized carbons (Fsp3) is 0.636. The molecule has 28 heavy (non-hydrogen) atoms. The first kappa shape index (κ1) is 20.6. The number of hydrogen-bond donors (Lipinski definition) is 1. The lowest BCUT2D eigenvalue weighted by atomic mass is 10.0. The third kappa shape index (κ3) is 4.85. The van der Waals surface area contributed by atoms with E-state index >= 15 is 0 Å². The molecule has 154 valence electrons. The molecule has 2 aliphatic heterocycles. The Bertz CT molecular complexity index is 690. The predicted molar refractivity (Wildman–Crippen MR) is 110 cm³/mol. The second-order valence-electron chi connectivity index (χ2n) is 8.05. The number of nitrogens with one attached hydrogen (secondary N) is 1. The van der Waals surface area contributed by atoms with Gasteiger partial charge < -0.3 is 19.9 Å². The van der Waals surface area contributed by atoms with Gasteiger partial charge in [-0.15, -0.1) is 0 Å². The Morgan fingerprint density at radius 2 is 1.68 bits per heavy atom. The Kier molecular flexibility index (Phi) is 6.94. The van der Waals surface area contributed by atoms with E-state index in [-0.39, 0.29) is 18.4 Å². The Morgan fingerprint density at radius 3 is 2.32 bits per heavy atom. The van der Waals surface area contributed by atoms with Gasteiger partial charge in [0.05, 0.1) is 0 Å². The molecule has 1 atom stereocenters. The number of carbonyl (C=O) groups is 2. The van der Waals surface area contributed by atoms with Gasteiger partial charge >= 0.3 is 0 Å². The van der Waals surface area contributed by atoms with E-state index in [1.54, 1.807) is 0 Å². The normalized spacial score (nSPS) is 20.2. The smallest absolute Gasteiger partial charge is 0.260 e. The summed E-state index contributed by atoms with van der Waals surface area (Å²) in [5, 5.41) is 3.28. The number of likely N-dealkylation sites (tertiary alicyclic amines) is 2. The summed E-state index contributed by atoms with van der Waals surface area (Å²) >= 11 is 0. The Balaban J connectivity index is 1.65. The molecule has 2 fully saturated rings. The van der Waals surface area contributed by atoms with Crippen molar-refractivity contribution in [2.45, 2.75) is 52.0 Å². The molecule has 1 aromatic carbocycles. The van der Waals surface area contributed by atoms with Gasteiger partial charge in [-0.2, -0.15) is 0 Å². The number of nitrogens with zero attached hydrogens (tertiary/aromatic N) is 2. The largest absolute Gasteiger partial charge is 0.483 e. The highest BCUT2D eigenvalue weighted by Crippen LogP contribution is 2.26. The highest BCUT2D eigenvalue weighted by Gasteiger charge is 2.24. The second-order valence-corrected chi connectivity index (χ2v) is 8.05. The lowest BCUT2D eigenvalue weighted by Crippen LogP contribution is -2.47. The van der Waals surface area contributed by atoms with Crippen LogP contribution in [0.15, 0.2) is 12.1 Å². The summed E-state index contributed by atoms with van der Waals surface area (Å²) in [6, 6.07) is 4.14. The summed E-state index contributed by atoms with van der Waals surface area (Å²) in [6.45, 7) is 7.15. The third-order valence-corrected chi connectivity index (χ3v) is 5.87. The van der Waals surface area contributed by atoms with Crippen LogP contribution in [0.1, 0.15) is 53.6 Å². The summed E-state index contributed by atoms with van der Waals surface area (Å²) < 4.78 is 5.87. The first-order valence-electron chi connectivity index (χ1n) is 10.5. The lowest BCUT2D eigenvalue weighted by molar-refractivity contribution is -0.134. The van der Waals surface area contributed by atoms with Crippen LogP contribution in [-0.4, -0.2) is 67.5 Å². The number of hydrogen-bond acceptors (Lipinski definition) is 4. The van der Waals surface area contributed by atoms with Crippen LogP contribution in [-0.2, 0) is 4.79 Å². The van der Waals surface area contributed by atoms with Crippen LogP contribution in [0.5, 0.6) is 5.75 Å². The van der Waals surface area contributed by atoms with Crippen molar-refractivity contribution in [3.8, 4) is 5.75 Å². The standard InChI is InChI=1S/C22H33N3O3/c1-16-12-18(22(27)25-11-7-8-19(14-25)23-3)13-17(2)21(16)28-15-20(26)24-9-5-4-6-10-24/h12-13,19,23H,4-11,14-15H2,1-3H3. The zero-order chi connectivity index (χ0) is 20.1. The number of rotatable bonds is 5. The maximum absolute atomic E-state index is 12.9. The van der Waals surface area contributed by atoms with E-state index in [4.69, 9.17) is 4.74 Å². The summed E-state index contributed by atoms with van der Waals surface area (Å²) in [7, 11) is 1.95. The van der Waals surface area contributed by atoms with Crippen molar-refractivity contribution in [1.82, 2.24) is 15.1 Å². The number of benzene rings is 1. The summed E-state index contributed by atoms with van der Waals surface area (Å²) in [4.78, 5) is 29.1. The van der Waals surface area contributed by atoms with Gasteiger partial charge in [-0.3, -0.25) is 9.59 Å². The minimum absolute atomic E-state index is 0.0464. The SMILES string of the molecule is CNC1CCCN(C(=O)c2cc(C)c(OCC(=O)N3CCCCC3)c(C)c2)C1. The topological polar surface area (TPSA) is 61.9 Å². The molecule has 3 rings (SSSR count). The van der Waals surface area contributed by atoms with Crippen molar-refractivity contribution in [3.05, 3.63) is 28.8 Å². The molecule has 2 amide bonds. The number of piperidine rings is 2. The first-order chi connectivity index (χ1) is 13.5. The molecule has 0 saturated carbocycles. The van der Waals surface area contributed by atoms with Gasteiger partial charge in [0.25, 0.3) is 11.8 Å². The van der Waals surface area contributed by atoms with Gasteiger partial charge in [0.2, 0.25) is 0 Å². The average Bonchev–Trinajstić information content (AvgIpc) is 2.73. The molecule has 0 aliphatic carbocycles. The van der Waals surface area contributed by atoms with Crippen LogP contribution in [0, 0.1) is 13.8 Å². The predicted octanol–water partition coefficient (Wildman–Crippen LogP) is 2.52. The minimum atomic E-state index is 0.0464. The number of aryl methyl sites for hydroxylation is 2. The molecule has 1 N–H and O–H groups in total. The Hall–Kier alpha value is -2.08. The zero-order valence-electron chi connectivity index (χ0n) is 17.4. The molecule has 6 heteroatoms. The van der Waals surface area contributed by atoms with Crippen molar-refractivity contribution < 1.29 is 14.3 Å². The second kappa shape index (κ2) is 9.41. The molecule has 0 spiro atoms.